The molecule has 0 aliphatic heterocycles. The minimum absolute atomic E-state index is 0.234. The lowest BCUT2D eigenvalue weighted by Gasteiger charge is -2.29. The molecule has 3 aromatic rings. The van der Waals surface area contributed by atoms with Gasteiger partial charge in [-0.3, -0.25) is 0 Å². The first-order valence-electron chi connectivity index (χ1n) is 14.2. The monoisotopic (exact) mass is 536 g/mol. The number of halogens is 3. The van der Waals surface area contributed by atoms with Gasteiger partial charge in [-0.15, -0.1) is 6.58 Å². The predicted octanol–water partition coefficient (Wildman–Crippen LogP) is 9.47. The van der Waals surface area contributed by atoms with Crippen molar-refractivity contribution < 1.29 is 23.0 Å². The third-order valence-electron chi connectivity index (χ3n) is 8.01. The van der Waals surface area contributed by atoms with Crippen molar-refractivity contribution in [2.45, 2.75) is 76.7 Å². The summed E-state index contributed by atoms with van der Waals surface area (Å²) in [4.78, 5) is 0. The molecule has 208 valence electrons. The molecule has 1 fully saturated rings. The molecule has 0 amide bonds. The molecular formula is C34H39F3O2. The van der Waals surface area contributed by atoms with Crippen LogP contribution in [0.25, 0.3) is 11.1 Å². The van der Waals surface area contributed by atoms with E-state index < -0.39 is 17.7 Å². The molecule has 1 N–H and O–H groups in total. The second-order valence-electron chi connectivity index (χ2n) is 10.7. The second-order valence-corrected chi connectivity index (χ2v) is 10.7. The van der Waals surface area contributed by atoms with E-state index in [4.69, 9.17) is 4.74 Å². The summed E-state index contributed by atoms with van der Waals surface area (Å²) in [5.74, 6) is -0.904. The first-order valence-corrected chi connectivity index (χ1v) is 14.2. The Kier molecular flexibility index (Phi) is 10.3. The average molecular weight is 537 g/mol. The third-order valence-corrected chi connectivity index (χ3v) is 8.01. The molecule has 0 spiro atoms. The molecule has 0 radical (unpaired) electrons. The van der Waals surface area contributed by atoms with Crippen LogP contribution in [0.2, 0.25) is 0 Å². The number of hydrogen-bond donors (Lipinski definition) is 1. The van der Waals surface area contributed by atoms with Crippen LogP contribution in [0.15, 0.2) is 67.3 Å². The zero-order chi connectivity index (χ0) is 27.8. The van der Waals surface area contributed by atoms with Crippen LogP contribution in [0.4, 0.5) is 13.2 Å². The van der Waals surface area contributed by atoms with Crippen molar-refractivity contribution in [1.29, 1.82) is 0 Å². The lowest BCUT2D eigenvalue weighted by Crippen LogP contribution is -2.14. The molecule has 3 aromatic carbocycles. The van der Waals surface area contributed by atoms with Gasteiger partial charge in [-0.1, -0.05) is 61.9 Å². The number of aryl methyl sites for hydroxylation is 1. The van der Waals surface area contributed by atoms with E-state index >= 15 is 4.39 Å². The van der Waals surface area contributed by atoms with Crippen LogP contribution in [-0.2, 0) is 6.42 Å². The molecule has 39 heavy (non-hydrogen) atoms. The summed E-state index contributed by atoms with van der Waals surface area (Å²) in [5.41, 5.74) is 3.01. The molecule has 5 heteroatoms. The largest absolute Gasteiger partial charge is 0.490 e. The fourth-order valence-corrected chi connectivity index (χ4v) is 5.61. The van der Waals surface area contributed by atoms with Gasteiger partial charge in [-0.05, 0) is 97.6 Å². The van der Waals surface area contributed by atoms with Crippen molar-refractivity contribution in [3.63, 3.8) is 0 Å². The van der Waals surface area contributed by atoms with Crippen molar-refractivity contribution in [3.8, 4) is 16.9 Å². The maximum atomic E-state index is 15.0. The zero-order valence-corrected chi connectivity index (χ0v) is 22.8. The Morgan fingerprint density at radius 3 is 2.38 bits per heavy atom. The molecule has 1 unspecified atom stereocenters. The second kappa shape index (κ2) is 13.8. The van der Waals surface area contributed by atoms with Gasteiger partial charge in [0.25, 0.3) is 0 Å². The molecule has 0 aromatic heterocycles. The summed E-state index contributed by atoms with van der Waals surface area (Å²) in [6, 6.07) is 15.6. The fourth-order valence-electron chi connectivity index (χ4n) is 5.61. The number of rotatable bonds is 12. The standard InChI is InChI=1S/C34H39F3O2/c1-3-5-21-39-32-20-18-28(22-30(32)35)24-10-7-23(8-11-24)9-12-27-17-19-29(34(37)33(27)36)25-13-15-26(16-14-25)31(38)6-4-2/h3,13-20,22-24,31,38H,1,4-12,21H2,2H3. The highest BCUT2D eigenvalue weighted by Gasteiger charge is 2.24. The fraction of sp³-hybridized carbons (Fsp3) is 0.412. The van der Waals surface area contributed by atoms with E-state index in [-0.39, 0.29) is 17.1 Å². The van der Waals surface area contributed by atoms with Gasteiger partial charge in [0.15, 0.2) is 23.2 Å². The number of benzene rings is 3. The van der Waals surface area contributed by atoms with Crippen molar-refractivity contribution in [2.24, 2.45) is 5.92 Å². The lowest BCUT2D eigenvalue weighted by atomic mass is 9.77. The van der Waals surface area contributed by atoms with Gasteiger partial charge < -0.3 is 9.84 Å². The van der Waals surface area contributed by atoms with Gasteiger partial charge in [-0.25, -0.2) is 13.2 Å². The number of ether oxygens (including phenoxy) is 1. The van der Waals surface area contributed by atoms with Gasteiger partial charge >= 0.3 is 0 Å². The molecule has 0 bridgehead atoms. The summed E-state index contributed by atoms with van der Waals surface area (Å²) in [5, 5.41) is 10.2. The van der Waals surface area contributed by atoms with Gasteiger partial charge in [0, 0.05) is 5.56 Å². The minimum Gasteiger partial charge on any atom is -0.490 e. The van der Waals surface area contributed by atoms with E-state index in [9.17, 15) is 13.9 Å². The zero-order valence-electron chi connectivity index (χ0n) is 22.8. The smallest absolute Gasteiger partial charge is 0.166 e. The van der Waals surface area contributed by atoms with E-state index in [1.165, 1.54) is 0 Å². The Morgan fingerprint density at radius 1 is 0.974 bits per heavy atom. The summed E-state index contributed by atoms with van der Waals surface area (Å²) in [6.07, 6.45) is 8.59. The van der Waals surface area contributed by atoms with E-state index in [0.717, 1.165) is 49.7 Å². The van der Waals surface area contributed by atoms with E-state index in [1.807, 2.05) is 13.0 Å². The SMILES string of the molecule is C=CCCOc1ccc(C2CCC(CCc3ccc(-c4ccc(C(O)CCC)cc4)c(F)c3F)CC2)cc1F. The van der Waals surface area contributed by atoms with Crippen molar-refractivity contribution >= 4 is 0 Å². The van der Waals surface area contributed by atoms with Crippen molar-refractivity contribution in [2.75, 3.05) is 6.61 Å². The molecule has 0 saturated heterocycles. The van der Waals surface area contributed by atoms with Crippen molar-refractivity contribution in [3.05, 3.63) is 101 Å². The number of hydrogen-bond acceptors (Lipinski definition) is 2. The lowest BCUT2D eigenvalue weighted by molar-refractivity contribution is 0.166. The quantitative estimate of drug-likeness (QED) is 0.184. The number of aliphatic hydroxyl groups excluding tert-OH is 1. The van der Waals surface area contributed by atoms with Gasteiger partial charge in [0.05, 0.1) is 12.7 Å². The topological polar surface area (TPSA) is 29.5 Å². The van der Waals surface area contributed by atoms with Crippen LogP contribution in [0.1, 0.15) is 87.0 Å². The molecule has 1 aliphatic carbocycles. The van der Waals surface area contributed by atoms with E-state index in [2.05, 4.69) is 6.58 Å². The van der Waals surface area contributed by atoms with Crippen LogP contribution in [-0.4, -0.2) is 11.7 Å². The number of aliphatic hydroxyl groups is 1. The highest BCUT2D eigenvalue weighted by atomic mass is 19.2. The van der Waals surface area contributed by atoms with E-state index in [1.54, 1.807) is 54.6 Å². The first kappa shape index (κ1) is 28.9. The van der Waals surface area contributed by atoms with E-state index in [0.29, 0.717) is 48.8 Å². The Bertz CT molecular complexity index is 1230. The van der Waals surface area contributed by atoms with Gasteiger partial charge in [0.1, 0.15) is 0 Å². The molecular weight excluding hydrogens is 497 g/mol. The van der Waals surface area contributed by atoms with Gasteiger partial charge in [-0.2, -0.15) is 0 Å². The molecule has 1 atom stereocenters. The van der Waals surface area contributed by atoms with Crippen LogP contribution in [0.3, 0.4) is 0 Å². The Hall–Kier alpha value is -3.05. The summed E-state index contributed by atoms with van der Waals surface area (Å²) < 4.78 is 50.0. The normalized spacial score (nSPS) is 18.1. The maximum absolute atomic E-state index is 15.0. The Morgan fingerprint density at radius 2 is 1.72 bits per heavy atom. The summed E-state index contributed by atoms with van der Waals surface area (Å²) >= 11 is 0. The minimum atomic E-state index is -0.822. The molecule has 1 saturated carbocycles. The van der Waals surface area contributed by atoms with Crippen molar-refractivity contribution in [1.82, 2.24) is 0 Å². The molecule has 2 nitrogen and oxygen atoms in total. The van der Waals surface area contributed by atoms with Gasteiger partial charge in [0.2, 0.25) is 0 Å². The highest BCUT2D eigenvalue weighted by molar-refractivity contribution is 5.65. The predicted molar refractivity (Wildman–Crippen MR) is 151 cm³/mol. The summed E-state index contributed by atoms with van der Waals surface area (Å²) in [6.45, 7) is 6.06. The average Bonchev–Trinajstić information content (AvgIpc) is 2.95. The third kappa shape index (κ3) is 7.33. The summed E-state index contributed by atoms with van der Waals surface area (Å²) in [7, 11) is 0. The van der Waals surface area contributed by atoms with Crippen LogP contribution in [0.5, 0.6) is 5.75 Å². The first-order chi connectivity index (χ1) is 18.9. The van der Waals surface area contributed by atoms with Crippen LogP contribution in [0, 0.1) is 23.4 Å². The maximum Gasteiger partial charge on any atom is 0.166 e. The highest BCUT2D eigenvalue weighted by Crippen LogP contribution is 2.39. The molecule has 1 aliphatic rings. The van der Waals surface area contributed by atoms with Crippen LogP contribution >= 0.6 is 0 Å². The molecule has 0 heterocycles. The van der Waals surface area contributed by atoms with Crippen LogP contribution < -0.4 is 4.74 Å². The molecule has 4 rings (SSSR count). The Labute approximate surface area is 230 Å². The Balaban J connectivity index is 1.31.